The smallest absolute Gasteiger partial charge is 0.0872 e. The number of ether oxygens (including phenoxy) is 1. The maximum atomic E-state index is 12.5. The molecule has 0 aliphatic carbocycles. The van der Waals surface area contributed by atoms with Gasteiger partial charge in [-0.15, -0.1) is 0 Å². The number of hydrogen-bond donors (Lipinski definition) is 0. The Balaban J connectivity index is 2.76. The summed E-state index contributed by atoms with van der Waals surface area (Å²) in [5.74, 6) is 0. The summed E-state index contributed by atoms with van der Waals surface area (Å²) in [6, 6.07) is 0. The molecule has 14 heavy (non-hydrogen) atoms. The fourth-order valence-corrected chi connectivity index (χ4v) is 2.41. The first-order chi connectivity index (χ1) is 6.68. The van der Waals surface area contributed by atoms with E-state index in [2.05, 4.69) is 11.8 Å². The van der Waals surface area contributed by atoms with Crippen molar-refractivity contribution in [3.8, 4) is 0 Å². The van der Waals surface area contributed by atoms with Gasteiger partial charge in [0.15, 0.2) is 0 Å². The number of methoxy groups -OCH3 is 1. The third kappa shape index (κ3) is 2.15. The molecule has 0 N–H and O–H groups in total. The van der Waals surface area contributed by atoms with E-state index in [4.69, 9.17) is 4.74 Å². The lowest BCUT2D eigenvalue weighted by Crippen LogP contribution is -2.45. The number of halogens is 1. The summed E-state index contributed by atoms with van der Waals surface area (Å²) in [4.78, 5) is 2.21. The van der Waals surface area contributed by atoms with Crippen LogP contribution in [0.5, 0.6) is 0 Å². The Morgan fingerprint density at radius 3 is 2.79 bits per heavy atom. The van der Waals surface area contributed by atoms with Gasteiger partial charge in [0, 0.05) is 19.2 Å². The number of rotatable bonds is 4. The maximum absolute atomic E-state index is 12.5. The lowest BCUT2D eigenvalue weighted by molar-refractivity contribution is 0.0463. The Kier molecular flexibility index (Phi) is 4.08. The molecule has 1 atom stereocenters. The second-order valence-electron chi connectivity index (χ2n) is 4.21. The third-order valence-corrected chi connectivity index (χ3v) is 3.09. The molecular formula is C11H20FNO. The largest absolute Gasteiger partial charge is 0.383 e. The minimum atomic E-state index is 0.0292. The molecule has 0 aromatic carbocycles. The fourth-order valence-electron chi connectivity index (χ4n) is 2.41. The molecule has 1 fully saturated rings. The van der Waals surface area contributed by atoms with Gasteiger partial charge < -0.3 is 4.74 Å². The fraction of sp³-hybridized carbons (Fsp3) is 0.818. The van der Waals surface area contributed by atoms with Crippen LogP contribution in [0.25, 0.3) is 0 Å². The van der Waals surface area contributed by atoms with Gasteiger partial charge in [0.05, 0.1) is 12.9 Å². The second kappa shape index (κ2) is 4.89. The molecule has 3 heteroatoms. The minimum absolute atomic E-state index is 0.0292. The Bertz CT molecular complexity index is 209. The maximum Gasteiger partial charge on any atom is 0.0872 e. The molecule has 0 radical (unpaired) electrons. The van der Waals surface area contributed by atoms with E-state index >= 15 is 0 Å². The van der Waals surface area contributed by atoms with Crippen LogP contribution in [-0.2, 0) is 4.74 Å². The average molecular weight is 201 g/mol. The van der Waals surface area contributed by atoms with E-state index in [1.165, 1.54) is 0 Å². The Labute approximate surface area is 85.7 Å². The van der Waals surface area contributed by atoms with Gasteiger partial charge in [0.2, 0.25) is 0 Å². The minimum Gasteiger partial charge on any atom is -0.383 e. The Morgan fingerprint density at radius 2 is 2.36 bits per heavy atom. The number of likely N-dealkylation sites (tertiary alicyclic amines) is 1. The van der Waals surface area contributed by atoms with E-state index in [1.807, 2.05) is 7.05 Å². The molecule has 0 aromatic heterocycles. The predicted molar refractivity (Wildman–Crippen MR) is 56.0 cm³/mol. The summed E-state index contributed by atoms with van der Waals surface area (Å²) >= 11 is 0. The lowest BCUT2D eigenvalue weighted by Gasteiger charge is -2.35. The van der Waals surface area contributed by atoms with Crippen LogP contribution in [0.1, 0.15) is 26.2 Å². The van der Waals surface area contributed by atoms with Gasteiger partial charge in [-0.05, 0) is 25.5 Å². The molecular weight excluding hydrogens is 181 g/mol. The Hall–Kier alpha value is -0.410. The van der Waals surface area contributed by atoms with Crippen LogP contribution in [0.2, 0.25) is 0 Å². The number of likely N-dealkylation sites (N-methyl/N-ethyl adjacent to an activating group) is 1. The van der Waals surface area contributed by atoms with Crippen LogP contribution in [0.3, 0.4) is 0 Å². The highest BCUT2D eigenvalue weighted by Gasteiger charge is 2.40. The standard InChI is InChI=1S/C11H20FNO/c1-4-5-11(9-14-3)6-10(7-12)8-13(11)2/h7H,4-6,8-9H2,1-3H3/b10-7-. The average Bonchev–Trinajstić information content (AvgIpc) is 2.45. The first kappa shape index (κ1) is 11.7. The van der Waals surface area contributed by atoms with Crippen molar-refractivity contribution in [2.24, 2.45) is 0 Å². The van der Waals surface area contributed by atoms with Crippen molar-refractivity contribution in [1.29, 1.82) is 0 Å². The molecule has 0 aromatic rings. The monoisotopic (exact) mass is 201 g/mol. The molecule has 1 unspecified atom stereocenters. The molecule has 0 saturated carbocycles. The predicted octanol–water partition coefficient (Wildman–Crippen LogP) is 2.36. The van der Waals surface area contributed by atoms with Crippen molar-refractivity contribution in [2.45, 2.75) is 31.7 Å². The molecule has 1 heterocycles. The normalized spacial score (nSPS) is 31.6. The first-order valence-corrected chi connectivity index (χ1v) is 5.17. The summed E-state index contributed by atoms with van der Waals surface area (Å²) in [6.07, 6.45) is 3.73. The molecule has 1 aliphatic rings. The molecule has 2 nitrogen and oxygen atoms in total. The molecule has 82 valence electrons. The highest BCUT2D eigenvalue weighted by Crippen LogP contribution is 2.35. The van der Waals surface area contributed by atoms with Crippen LogP contribution < -0.4 is 0 Å². The van der Waals surface area contributed by atoms with Crippen molar-refractivity contribution in [2.75, 3.05) is 27.3 Å². The summed E-state index contributed by atoms with van der Waals surface area (Å²) in [5.41, 5.74) is 0.916. The molecule has 1 aliphatic heterocycles. The van der Waals surface area contributed by atoms with Crippen LogP contribution in [0.4, 0.5) is 4.39 Å². The highest BCUT2D eigenvalue weighted by atomic mass is 19.1. The quantitative estimate of drug-likeness (QED) is 0.692. The van der Waals surface area contributed by atoms with E-state index < -0.39 is 0 Å². The van der Waals surface area contributed by atoms with Crippen molar-refractivity contribution < 1.29 is 9.13 Å². The topological polar surface area (TPSA) is 12.5 Å². The zero-order chi connectivity index (χ0) is 10.6. The summed E-state index contributed by atoms with van der Waals surface area (Å²) in [5, 5.41) is 0. The van der Waals surface area contributed by atoms with Gasteiger partial charge >= 0.3 is 0 Å². The van der Waals surface area contributed by atoms with Gasteiger partial charge in [-0.25, -0.2) is 4.39 Å². The zero-order valence-corrected chi connectivity index (χ0v) is 9.35. The van der Waals surface area contributed by atoms with E-state index in [0.717, 1.165) is 37.7 Å². The molecule has 0 bridgehead atoms. The zero-order valence-electron chi connectivity index (χ0n) is 9.35. The van der Waals surface area contributed by atoms with E-state index in [1.54, 1.807) is 7.11 Å². The van der Waals surface area contributed by atoms with Crippen molar-refractivity contribution >= 4 is 0 Å². The van der Waals surface area contributed by atoms with E-state index in [0.29, 0.717) is 6.61 Å². The van der Waals surface area contributed by atoms with Crippen molar-refractivity contribution in [3.05, 3.63) is 11.9 Å². The Morgan fingerprint density at radius 1 is 1.64 bits per heavy atom. The molecule has 1 rings (SSSR count). The van der Waals surface area contributed by atoms with E-state index in [-0.39, 0.29) is 5.54 Å². The molecule has 0 amide bonds. The summed E-state index contributed by atoms with van der Waals surface area (Å²) < 4.78 is 17.7. The highest BCUT2D eigenvalue weighted by molar-refractivity contribution is 5.16. The third-order valence-electron chi connectivity index (χ3n) is 3.09. The number of nitrogens with zero attached hydrogens (tertiary/aromatic N) is 1. The first-order valence-electron chi connectivity index (χ1n) is 5.17. The van der Waals surface area contributed by atoms with Gasteiger partial charge in [0.1, 0.15) is 0 Å². The van der Waals surface area contributed by atoms with Gasteiger partial charge in [0.25, 0.3) is 0 Å². The molecule has 0 spiro atoms. The second-order valence-corrected chi connectivity index (χ2v) is 4.21. The van der Waals surface area contributed by atoms with E-state index in [9.17, 15) is 4.39 Å². The van der Waals surface area contributed by atoms with Gasteiger partial charge in [-0.2, -0.15) is 0 Å². The molecule has 1 saturated heterocycles. The SMILES string of the molecule is CCCC1(COC)C/C(=C/F)CN1C. The summed E-state index contributed by atoms with van der Waals surface area (Å²) in [6.45, 7) is 3.58. The van der Waals surface area contributed by atoms with Crippen LogP contribution >= 0.6 is 0 Å². The number of hydrogen-bond acceptors (Lipinski definition) is 2. The van der Waals surface area contributed by atoms with Gasteiger partial charge in [-0.3, -0.25) is 4.90 Å². The van der Waals surface area contributed by atoms with Crippen LogP contribution in [0, 0.1) is 0 Å². The van der Waals surface area contributed by atoms with Crippen LogP contribution in [-0.4, -0.2) is 37.7 Å². The van der Waals surface area contributed by atoms with Crippen molar-refractivity contribution in [1.82, 2.24) is 4.90 Å². The van der Waals surface area contributed by atoms with Crippen LogP contribution in [0.15, 0.2) is 11.9 Å². The summed E-state index contributed by atoms with van der Waals surface area (Å²) in [7, 11) is 3.76. The van der Waals surface area contributed by atoms with Gasteiger partial charge in [-0.1, -0.05) is 13.3 Å². The lowest BCUT2D eigenvalue weighted by atomic mass is 9.91. The van der Waals surface area contributed by atoms with Crippen molar-refractivity contribution in [3.63, 3.8) is 0 Å².